The second-order valence-corrected chi connectivity index (χ2v) is 6.46. The van der Waals surface area contributed by atoms with Crippen molar-refractivity contribution in [3.63, 3.8) is 0 Å². The molecule has 0 aliphatic carbocycles. The molecule has 0 radical (unpaired) electrons. The number of fused-ring (bicyclic) bond motifs is 1. The van der Waals surface area contributed by atoms with Gasteiger partial charge in [-0.2, -0.15) is 0 Å². The van der Waals surface area contributed by atoms with Gasteiger partial charge in [-0.05, 0) is 49.6 Å². The van der Waals surface area contributed by atoms with E-state index in [0.29, 0.717) is 29.0 Å². The molecule has 0 saturated carbocycles. The lowest BCUT2D eigenvalue weighted by atomic mass is 10.0. The van der Waals surface area contributed by atoms with E-state index >= 15 is 0 Å². The quantitative estimate of drug-likeness (QED) is 0.690. The van der Waals surface area contributed by atoms with Crippen molar-refractivity contribution in [3.05, 3.63) is 58.4 Å². The number of primary amides is 1. The molecule has 2 heterocycles. The summed E-state index contributed by atoms with van der Waals surface area (Å²) in [5.74, 6) is -0.545. The first-order valence-electron chi connectivity index (χ1n) is 8.53. The van der Waals surface area contributed by atoms with Crippen molar-refractivity contribution < 1.29 is 14.3 Å². The maximum absolute atomic E-state index is 12.0. The van der Waals surface area contributed by atoms with Gasteiger partial charge in [0, 0.05) is 12.2 Å². The number of methoxy groups -OCH3 is 1. The van der Waals surface area contributed by atoms with Gasteiger partial charge in [-0.25, -0.2) is 14.6 Å². The van der Waals surface area contributed by atoms with Gasteiger partial charge in [0.2, 0.25) is 0 Å². The Kier molecular flexibility index (Phi) is 4.85. The molecule has 3 aromatic rings. The summed E-state index contributed by atoms with van der Waals surface area (Å²) in [6.07, 6.45) is 0. The number of hydrogen-bond acceptors (Lipinski definition) is 5. The van der Waals surface area contributed by atoms with Crippen molar-refractivity contribution in [2.75, 3.05) is 12.4 Å². The van der Waals surface area contributed by atoms with Crippen LogP contribution >= 0.6 is 0 Å². The molecule has 1 amide bonds. The Labute approximate surface area is 157 Å². The summed E-state index contributed by atoms with van der Waals surface area (Å²) in [6, 6.07) is 8.79. The Bertz CT molecular complexity index is 1030. The van der Waals surface area contributed by atoms with Crippen LogP contribution in [0.2, 0.25) is 0 Å². The van der Waals surface area contributed by atoms with Crippen LogP contribution < -0.4 is 11.1 Å². The Morgan fingerprint density at radius 1 is 1.19 bits per heavy atom. The number of ether oxygens (including phenoxy) is 1. The summed E-state index contributed by atoms with van der Waals surface area (Å²) in [6.45, 7) is 6.38. The van der Waals surface area contributed by atoms with Crippen LogP contribution in [0.15, 0.2) is 30.3 Å². The lowest BCUT2D eigenvalue weighted by Gasteiger charge is -2.14. The van der Waals surface area contributed by atoms with E-state index < -0.39 is 12.0 Å². The van der Waals surface area contributed by atoms with Gasteiger partial charge in [-0.1, -0.05) is 18.2 Å². The first-order valence-corrected chi connectivity index (χ1v) is 8.53. The highest BCUT2D eigenvalue weighted by atomic mass is 16.5. The molecule has 0 aliphatic heterocycles. The molecule has 0 atom stereocenters. The number of nitrogens with one attached hydrogen (secondary N) is 1. The Morgan fingerprint density at radius 3 is 2.44 bits per heavy atom. The first kappa shape index (κ1) is 18.4. The summed E-state index contributed by atoms with van der Waals surface area (Å²) in [5, 5.41) is 3.34. The minimum absolute atomic E-state index is 0.163. The smallest absolute Gasteiger partial charge is 0.356 e. The van der Waals surface area contributed by atoms with Crippen molar-refractivity contribution in [3.8, 4) is 0 Å². The van der Waals surface area contributed by atoms with Crippen LogP contribution in [0.5, 0.6) is 0 Å². The van der Waals surface area contributed by atoms with Crippen molar-refractivity contribution >= 4 is 28.7 Å². The molecule has 0 unspecified atom stereocenters. The minimum atomic E-state index is -0.606. The van der Waals surface area contributed by atoms with Gasteiger partial charge in [0.25, 0.3) is 0 Å². The van der Waals surface area contributed by atoms with Gasteiger partial charge < -0.3 is 15.8 Å². The standard InChI is InChI=1S/C20H22N4O3/c1-11-6-5-7-12(2)14(11)10-22-15-9-17(19(25)27-4)23-16-8-13(3)24(18(15)16)20(21)26/h5-9H,10H2,1-4H3,(H2,21,26)(H,22,23). The topological polar surface area (TPSA) is 99.2 Å². The van der Waals surface area contributed by atoms with Crippen LogP contribution in [-0.4, -0.2) is 28.7 Å². The average molecular weight is 366 g/mol. The monoisotopic (exact) mass is 366 g/mol. The van der Waals surface area contributed by atoms with Gasteiger partial charge in [0.15, 0.2) is 5.69 Å². The fourth-order valence-corrected chi connectivity index (χ4v) is 3.27. The average Bonchev–Trinajstić information content (AvgIpc) is 2.96. The maximum atomic E-state index is 12.0. The third-order valence-electron chi connectivity index (χ3n) is 4.66. The maximum Gasteiger partial charge on any atom is 0.356 e. The van der Waals surface area contributed by atoms with Crippen LogP contribution in [0, 0.1) is 20.8 Å². The summed E-state index contributed by atoms with van der Waals surface area (Å²) in [4.78, 5) is 28.3. The number of amides is 1. The largest absolute Gasteiger partial charge is 0.464 e. The SMILES string of the molecule is COC(=O)c1cc(NCc2c(C)cccc2C)c2c(cc(C)n2C(N)=O)n1. The summed E-state index contributed by atoms with van der Waals surface area (Å²) >= 11 is 0. The van der Waals surface area contributed by atoms with E-state index in [4.69, 9.17) is 10.5 Å². The molecule has 0 fully saturated rings. The van der Waals surface area contributed by atoms with Gasteiger partial charge in [0.1, 0.15) is 0 Å². The molecule has 1 aromatic carbocycles. The molecular formula is C20H22N4O3. The minimum Gasteiger partial charge on any atom is -0.464 e. The molecule has 140 valence electrons. The number of pyridine rings is 1. The molecule has 3 rings (SSSR count). The van der Waals surface area contributed by atoms with Crippen LogP contribution in [-0.2, 0) is 11.3 Å². The lowest BCUT2D eigenvalue weighted by molar-refractivity contribution is 0.0594. The van der Waals surface area contributed by atoms with Crippen molar-refractivity contribution in [2.45, 2.75) is 27.3 Å². The third kappa shape index (κ3) is 3.36. The predicted molar refractivity (Wildman–Crippen MR) is 104 cm³/mol. The van der Waals surface area contributed by atoms with E-state index in [2.05, 4.69) is 10.3 Å². The Balaban J connectivity index is 2.13. The summed E-state index contributed by atoms with van der Waals surface area (Å²) in [5.41, 5.74) is 11.4. The molecular weight excluding hydrogens is 344 g/mol. The van der Waals surface area contributed by atoms with E-state index in [1.807, 2.05) is 32.0 Å². The molecule has 0 spiro atoms. The van der Waals surface area contributed by atoms with E-state index in [0.717, 1.165) is 16.7 Å². The van der Waals surface area contributed by atoms with Crippen LogP contribution in [0.4, 0.5) is 10.5 Å². The number of carbonyl (C=O) groups excluding carboxylic acids is 2. The molecule has 2 aromatic heterocycles. The second kappa shape index (κ2) is 7.11. The first-order chi connectivity index (χ1) is 12.8. The highest BCUT2D eigenvalue weighted by Gasteiger charge is 2.19. The zero-order valence-electron chi connectivity index (χ0n) is 15.8. The van der Waals surface area contributed by atoms with Crippen LogP contribution in [0.1, 0.15) is 32.9 Å². The molecule has 7 nitrogen and oxygen atoms in total. The zero-order chi connectivity index (χ0) is 19.7. The number of hydrogen-bond donors (Lipinski definition) is 2. The van der Waals surface area contributed by atoms with E-state index in [9.17, 15) is 9.59 Å². The predicted octanol–water partition coefficient (Wildman–Crippen LogP) is 3.29. The number of rotatable bonds is 4. The van der Waals surface area contributed by atoms with Crippen LogP contribution in [0.25, 0.3) is 11.0 Å². The summed E-state index contributed by atoms with van der Waals surface area (Å²) < 4.78 is 6.18. The van der Waals surface area contributed by atoms with E-state index in [-0.39, 0.29) is 5.69 Å². The van der Waals surface area contributed by atoms with Gasteiger partial charge in [-0.3, -0.25) is 4.57 Å². The third-order valence-corrected chi connectivity index (χ3v) is 4.66. The van der Waals surface area contributed by atoms with Crippen LogP contribution in [0.3, 0.4) is 0 Å². The number of aryl methyl sites for hydroxylation is 3. The number of aromatic nitrogens is 2. The van der Waals surface area contributed by atoms with Crippen molar-refractivity contribution in [1.82, 2.24) is 9.55 Å². The molecule has 0 saturated heterocycles. The number of benzene rings is 1. The normalized spacial score (nSPS) is 10.8. The number of esters is 1. The number of nitrogens with two attached hydrogens (primary N) is 1. The fraction of sp³-hybridized carbons (Fsp3) is 0.250. The molecule has 0 aliphatic rings. The van der Waals surface area contributed by atoms with E-state index in [1.54, 1.807) is 19.1 Å². The number of anilines is 1. The lowest BCUT2D eigenvalue weighted by Crippen LogP contribution is -2.21. The highest BCUT2D eigenvalue weighted by Crippen LogP contribution is 2.28. The number of carbonyl (C=O) groups is 2. The van der Waals surface area contributed by atoms with E-state index in [1.165, 1.54) is 11.7 Å². The Hall–Kier alpha value is -3.35. The molecule has 3 N–H and O–H groups in total. The number of nitrogens with zero attached hydrogens (tertiary/aromatic N) is 2. The zero-order valence-corrected chi connectivity index (χ0v) is 15.8. The van der Waals surface area contributed by atoms with Gasteiger partial charge >= 0.3 is 12.0 Å². The van der Waals surface area contributed by atoms with Crippen molar-refractivity contribution in [1.29, 1.82) is 0 Å². The molecule has 27 heavy (non-hydrogen) atoms. The fourth-order valence-electron chi connectivity index (χ4n) is 3.27. The molecule has 7 heteroatoms. The second-order valence-electron chi connectivity index (χ2n) is 6.46. The highest BCUT2D eigenvalue weighted by molar-refractivity contribution is 6.01. The van der Waals surface area contributed by atoms with Gasteiger partial charge in [-0.15, -0.1) is 0 Å². The van der Waals surface area contributed by atoms with Crippen molar-refractivity contribution in [2.24, 2.45) is 5.73 Å². The van der Waals surface area contributed by atoms with Gasteiger partial charge in [0.05, 0.1) is 23.8 Å². The molecule has 0 bridgehead atoms. The summed E-state index contributed by atoms with van der Waals surface area (Å²) in [7, 11) is 1.30. The Morgan fingerprint density at radius 2 is 1.85 bits per heavy atom.